The molecular formula is C11H14BrNO2. The summed E-state index contributed by atoms with van der Waals surface area (Å²) in [5.41, 5.74) is 2.04. The van der Waals surface area contributed by atoms with Crippen LogP contribution in [0.4, 0.5) is 5.69 Å². The Kier molecular flexibility index (Phi) is 3.85. The molecule has 0 aliphatic heterocycles. The van der Waals surface area contributed by atoms with E-state index in [0.717, 1.165) is 11.1 Å². The molecule has 0 saturated carbocycles. The van der Waals surface area contributed by atoms with Crippen LogP contribution >= 0.6 is 15.9 Å². The van der Waals surface area contributed by atoms with Gasteiger partial charge in [-0.2, -0.15) is 0 Å². The number of benzene rings is 1. The van der Waals surface area contributed by atoms with Crippen molar-refractivity contribution in [2.45, 2.75) is 31.5 Å². The van der Waals surface area contributed by atoms with E-state index in [1.165, 1.54) is 0 Å². The van der Waals surface area contributed by atoms with E-state index in [1.54, 1.807) is 13.0 Å². The van der Waals surface area contributed by atoms with Gasteiger partial charge in [0.25, 0.3) is 5.69 Å². The molecule has 0 radical (unpaired) electrons. The quantitative estimate of drug-likeness (QED) is 0.477. The Balaban J connectivity index is 3.06. The summed E-state index contributed by atoms with van der Waals surface area (Å²) in [6.07, 6.45) is 0. The van der Waals surface area contributed by atoms with Gasteiger partial charge in [0.1, 0.15) is 0 Å². The highest BCUT2D eigenvalue weighted by Crippen LogP contribution is 2.28. The molecule has 82 valence electrons. The molecular weight excluding hydrogens is 258 g/mol. The molecule has 15 heavy (non-hydrogen) atoms. The van der Waals surface area contributed by atoms with Gasteiger partial charge in [0.05, 0.1) is 4.92 Å². The highest BCUT2D eigenvalue weighted by atomic mass is 79.9. The number of nitro groups is 1. The van der Waals surface area contributed by atoms with Gasteiger partial charge in [0.15, 0.2) is 0 Å². The first-order valence-electron chi connectivity index (χ1n) is 4.82. The zero-order chi connectivity index (χ0) is 11.6. The third-order valence-corrected chi connectivity index (χ3v) is 3.43. The number of hydrogen-bond acceptors (Lipinski definition) is 2. The number of alkyl halides is 1. The van der Waals surface area contributed by atoms with Crippen molar-refractivity contribution in [3.05, 3.63) is 39.4 Å². The number of hydrogen-bond donors (Lipinski definition) is 0. The number of aryl methyl sites for hydroxylation is 1. The van der Waals surface area contributed by atoms with Crippen molar-refractivity contribution in [2.75, 3.05) is 0 Å². The van der Waals surface area contributed by atoms with Crippen molar-refractivity contribution in [1.29, 1.82) is 0 Å². The average Bonchev–Trinajstić information content (AvgIpc) is 2.15. The maximum Gasteiger partial charge on any atom is 0.272 e. The molecule has 0 aliphatic rings. The average molecular weight is 272 g/mol. The van der Waals surface area contributed by atoms with Crippen LogP contribution in [0.1, 0.15) is 30.9 Å². The summed E-state index contributed by atoms with van der Waals surface area (Å²) in [6, 6.07) is 5.30. The minimum absolute atomic E-state index is 0.188. The molecule has 4 heteroatoms. The van der Waals surface area contributed by atoms with Crippen LogP contribution in [0.3, 0.4) is 0 Å². The molecule has 1 aromatic carbocycles. The van der Waals surface area contributed by atoms with Crippen LogP contribution in [0.15, 0.2) is 18.2 Å². The highest BCUT2D eigenvalue weighted by molar-refractivity contribution is 9.09. The number of halogens is 1. The van der Waals surface area contributed by atoms with E-state index in [4.69, 9.17) is 0 Å². The van der Waals surface area contributed by atoms with Crippen LogP contribution in [-0.4, -0.2) is 9.75 Å². The van der Waals surface area contributed by atoms with E-state index in [9.17, 15) is 10.1 Å². The predicted molar refractivity (Wildman–Crippen MR) is 64.6 cm³/mol. The summed E-state index contributed by atoms with van der Waals surface area (Å²) in [5, 5.41) is 10.6. The Hall–Kier alpha value is -0.900. The summed E-state index contributed by atoms with van der Waals surface area (Å²) in [7, 11) is 0. The summed E-state index contributed by atoms with van der Waals surface area (Å²) < 4.78 is 0. The molecule has 2 atom stereocenters. The molecule has 0 fully saturated rings. The van der Waals surface area contributed by atoms with Crippen LogP contribution in [0.25, 0.3) is 0 Å². The summed E-state index contributed by atoms with van der Waals surface area (Å²) >= 11 is 3.51. The lowest BCUT2D eigenvalue weighted by Gasteiger charge is -2.14. The topological polar surface area (TPSA) is 43.1 Å². The van der Waals surface area contributed by atoms with Gasteiger partial charge < -0.3 is 0 Å². The third kappa shape index (κ3) is 2.78. The van der Waals surface area contributed by atoms with Gasteiger partial charge in [-0.25, -0.2) is 0 Å². The van der Waals surface area contributed by atoms with Crippen LogP contribution in [-0.2, 0) is 0 Å². The Morgan fingerprint density at radius 1 is 1.40 bits per heavy atom. The van der Waals surface area contributed by atoms with Crippen LogP contribution in [0, 0.1) is 17.0 Å². The van der Waals surface area contributed by atoms with Gasteiger partial charge in [-0.1, -0.05) is 35.8 Å². The number of nitro benzene ring substituents is 1. The van der Waals surface area contributed by atoms with E-state index in [1.807, 2.05) is 12.1 Å². The van der Waals surface area contributed by atoms with Gasteiger partial charge in [0.2, 0.25) is 0 Å². The van der Waals surface area contributed by atoms with E-state index in [2.05, 4.69) is 29.8 Å². The second-order valence-corrected chi connectivity index (χ2v) is 5.21. The Labute approximate surface area is 97.8 Å². The molecule has 0 saturated heterocycles. The van der Waals surface area contributed by atoms with Crippen molar-refractivity contribution in [3.63, 3.8) is 0 Å². The van der Waals surface area contributed by atoms with Crippen LogP contribution in [0.5, 0.6) is 0 Å². The van der Waals surface area contributed by atoms with Crippen molar-refractivity contribution in [1.82, 2.24) is 0 Å². The molecule has 0 spiro atoms. The molecule has 1 aromatic rings. The Bertz CT molecular complexity index is 377. The summed E-state index contributed by atoms with van der Waals surface area (Å²) in [4.78, 5) is 10.6. The standard InChI is InChI=1S/C11H14BrNO2/c1-7-6-10(8(2)9(3)12)4-5-11(7)13(14)15/h4-6,8-9H,1-3H3. The normalized spacial score (nSPS) is 14.7. The van der Waals surface area contributed by atoms with E-state index in [-0.39, 0.29) is 10.6 Å². The largest absolute Gasteiger partial charge is 0.272 e. The molecule has 1 rings (SSSR count). The SMILES string of the molecule is Cc1cc(C(C)C(C)Br)ccc1[N+](=O)[O-]. The highest BCUT2D eigenvalue weighted by Gasteiger charge is 2.15. The van der Waals surface area contributed by atoms with E-state index >= 15 is 0 Å². The summed E-state index contributed by atoms with van der Waals surface area (Å²) in [5.74, 6) is 0.351. The van der Waals surface area contributed by atoms with Crippen LogP contribution in [0.2, 0.25) is 0 Å². The monoisotopic (exact) mass is 271 g/mol. The Morgan fingerprint density at radius 3 is 2.40 bits per heavy atom. The smallest absolute Gasteiger partial charge is 0.258 e. The number of nitrogens with zero attached hydrogens (tertiary/aromatic N) is 1. The minimum atomic E-state index is -0.346. The van der Waals surface area contributed by atoms with Gasteiger partial charge in [0, 0.05) is 16.5 Å². The zero-order valence-electron chi connectivity index (χ0n) is 9.03. The first-order chi connectivity index (χ1) is 6.93. The molecule has 2 unspecified atom stereocenters. The van der Waals surface area contributed by atoms with Gasteiger partial charge in [-0.15, -0.1) is 0 Å². The molecule has 0 heterocycles. The molecule has 3 nitrogen and oxygen atoms in total. The van der Waals surface area contributed by atoms with Crippen molar-refractivity contribution < 1.29 is 4.92 Å². The first kappa shape index (κ1) is 12.2. The molecule has 0 N–H and O–H groups in total. The van der Waals surface area contributed by atoms with Crippen molar-refractivity contribution in [2.24, 2.45) is 0 Å². The fraction of sp³-hybridized carbons (Fsp3) is 0.455. The second kappa shape index (κ2) is 4.75. The van der Waals surface area contributed by atoms with Crippen LogP contribution < -0.4 is 0 Å². The molecule has 0 bridgehead atoms. The number of rotatable bonds is 3. The lowest BCUT2D eigenvalue weighted by Crippen LogP contribution is -2.05. The predicted octanol–water partition coefficient (Wildman–Crippen LogP) is 3.79. The molecule has 0 amide bonds. The lowest BCUT2D eigenvalue weighted by atomic mass is 9.96. The van der Waals surface area contributed by atoms with E-state index < -0.39 is 0 Å². The van der Waals surface area contributed by atoms with Crippen molar-refractivity contribution >= 4 is 21.6 Å². The molecule has 0 aliphatic carbocycles. The maximum absolute atomic E-state index is 10.6. The fourth-order valence-electron chi connectivity index (χ4n) is 1.43. The zero-order valence-corrected chi connectivity index (χ0v) is 10.6. The van der Waals surface area contributed by atoms with Gasteiger partial charge >= 0.3 is 0 Å². The molecule has 0 aromatic heterocycles. The second-order valence-electron chi connectivity index (χ2n) is 3.77. The maximum atomic E-state index is 10.6. The van der Waals surface area contributed by atoms with Gasteiger partial charge in [-0.05, 0) is 24.5 Å². The lowest BCUT2D eigenvalue weighted by molar-refractivity contribution is -0.385. The van der Waals surface area contributed by atoms with Gasteiger partial charge in [-0.3, -0.25) is 10.1 Å². The van der Waals surface area contributed by atoms with Crippen molar-refractivity contribution in [3.8, 4) is 0 Å². The summed E-state index contributed by atoms with van der Waals surface area (Å²) in [6.45, 7) is 5.94. The third-order valence-electron chi connectivity index (χ3n) is 2.63. The Morgan fingerprint density at radius 2 is 2.00 bits per heavy atom. The van der Waals surface area contributed by atoms with E-state index in [0.29, 0.717) is 10.7 Å². The fourth-order valence-corrected chi connectivity index (χ4v) is 1.74. The first-order valence-corrected chi connectivity index (χ1v) is 5.74. The minimum Gasteiger partial charge on any atom is -0.258 e.